The highest BCUT2D eigenvalue weighted by molar-refractivity contribution is 5.06. The van der Waals surface area contributed by atoms with E-state index in [2.05, 4.69) is 17.0 Å². The van der Waals surface area contributed by atoms with Gasteiger partial charge in [0.15, 0.2) is 0 Å². The second kappa shape index (κ2) is 4.30. The highest BCUT2D eigenvalue weighted by Crippen LogP contribution is 2.58. The van der Waals surface area contributed by atoms with Crippen molar-refractivity contribution in [3.05, 3.63) is 12.2 Å². The predicted octanol–water partition coefficient (Wildman–Crippen LogP) is 2.37. The van der Waals surface area contributed by atoms with E-state index in [0.717, 1.165) is 36.0 Å². The number of aromatic nitrogens is 3. The third kappa shape index (κ3) is 1.76. The Morgan fingerprint density at radius 2 is 1.84 bits per heavy atom. The Labute approximate surface area is 114 Å². The van der Waals surface area contributed by atoms with Crippen molar-refractivity contribution >= 4 is 0 Å². The molecule has 4 heteroatoms. The molecule has 5 rings (SSSR count). The molecule has 4 saturated carbocycles. The molecule has 4 fully saturated rings. The summed E-state index contributed by atoms with van der Waals surface area (Å²) in [6.07, 6.45) is 8.85. The van der Waals surface area contributed by atoms with Gasteiger partial charge in [0.1, 0.15) is 12.2 Å². The maximum atomic E-state index is 6.62. The standard InChI is InChI=1S/C15H24N4/c1-2-19-15(17-8-18-19)14(16)13-11-4-9-3-10(6-11)7-12(13)5-9/h8-14H,2-7,16H2,1H3. The third-order valence-corrected chi connectivity index (χ3v) is 5.96. The average molecular weight is 260 g/mol. The molecule has 0 saturated heterocycles. The summed E-state index contributed by atoms with van der Waals surface area (Å²) in [5, 5.41) is 4.29. The lowest BCUT2D eigenvalue weighted by Crippen LogP contribution is -2.49. The molecule has 2 N–H and O–H groups in total. The van der Waals surface area contributed by atoms with Crippen LogP contribution >= 0.6 is 0 Å². The van der Waals surface area contributed by atoms with Crippen LogP contribution in [0.5, 0.6) is 0 Å². The van der Waals surface area contributed by atoms with Gasteiger partial charge in [-0.2, -0.15) is 5.10 Å². The second-order valence-electron chi connectivity index (χ2n) is 6.97. The minimum absolute atomic E-state index is 0.0949. The summed E-state index contributed by atoms with van der Waals surface area (Å²) in [7, 11) is 0. The predicted molar refractivity (Wildman–Crippen MR) is 73.2 cm³/mol. The molecule has 104 valence electrons. The van der Waals surface area contributed by atoms with Gasteiger partial charge in [0.2, 0.25) is 0 Å². The van der Waals surface area contributed by atoms with E-state index in [-0.39, 0.29) is 6.04 Å². The van der Waals surface area contributed by atoms with Crippen LogP contribution in [0.1, 0.15) is 50.9 Å². The Bertz CT molecular complexity index is 438. The van der Waals surface area contributed by atoms with Gasteiger partial charge >= 0.3 is 0 Å². The first-order chi connectivity index (χ1) is 9.26. The Morgan fingerprint density at radius 1 is 1.21 bits per heavy atom. The molecule has 4 aliphatic carbocycles. The maximum Gasteiger partial charge on any atom is 0.144 e. The Hall–Kier alpha value is -0.900. The van der Waals surface area contributed by atoms with Crippen LogP contribution in [0, 0.1) is 29.6 Å². The van der Waals surface area contributed by atoms with E-state index in [1.807, 2.05) is 4.68 Å². The molecule has 1 aromatic rings. The van der Waals surface area contributed by atoms with Crippen LogP contribution in [-0.2, 0) is 6.54 Å². The Morgan fingerprint density at radius 3 is 2.42 bits per heavy atom. The molecule has 4 bridgehead atoms. The topological polar surface area (TPSA) is 56.7 Å². The van der Waals surface area contributed by atoms with Gasteiger partial charge in [-0.25, -0.2) is 9.67 Å². The lowest BCUT2D eigenvalue weighted by molar-refractivity contribution is -0.0486. The van der Waals surface area contributed by atoms with Gasteiger partial charge in [-0.3, -0.25) is 0 Å². The van der Waals surface area contributed by atoms with Crippen molar-refractivity contribution in [3.8, 4) is 0 Å². The van der Waals surface area contributed by atoms with Crippen molar-refractivity contribution in [1.29, 1.82) is 0 Å². The van der Waals surface area contributed by atoms with E-state index in [9.17, 15) is 0 Å². The van der Waals surface area contributed by atoms with Crippen LogP contribution in [0.4, 0.5) is 0 Å². The zero-order valence-corrected chi connectivity index (χ0v) is 11.7. The van der Waals surface area contributed by atoms with Gasteiger partial charge in [-0.1, -0.05) is 0 Å². The number of hydrogen-bond acceptors (Lipinski definition) is 3. The molecule has 0 aliphatic heterocycles. The summed E-state index contributed by atoms with van der Waals surface area (Å²) in [5.74, 6) is 5.40. The average Bonchev–Trinajstić information content (AvgIpc) is 2.85. The second-order valence-corrected chi connectivity index (χ2v) is 6.97. The number of aryl methyl sites for hydroxylation is 1. The lowest BCUT2D eigenvalue weighted by atomic mass is 9.50. The van der Waals surface area contributed by atoms with Crippen LogP contribution in [-0.4, -0.2) is 14.8 Å². The van der Waals surface area contributed by atoms with E-state index in [1.54, 1.807) is 6.33 Å². The molecule has 1 unspecified atom stereocenters. The number of rotatable bonds is 3. The smallest absolute Gasteiger partial charge is 0.144 e. The van der Waals surface area contributed by atoms with Crippen molar-refractivity contribution in [2.24, 2.45) is 35.3 Å². The molecule has 1 aromatic heterocycles. The van der Waals surface area contributed by atoms with Gasteiger partial charge in [0.25, 0.3) is 0 Å². The molecular formula is C15H24N4. The summed E-state index contributed by atoms with van der Waals surface area (Å²) in [4.78, 5) is 4.45. The monoisotopic (exact) mass is 260 g/mol. The molecule has 4 aliphatic rings. The summed E-state index contributed by atoms with van der Waals surface area (Å²) in [5.41, 5.74) is 6.62. The van der Waals surface area contributed by atoms with E-state index >= 15 is 0 Å². The van der Waals surface area contributed by atoms with Gasteiger partial charge < -0.3 is 5.73 Å². The molecule has 0 aromatic carbocycles. The first-order valence-corrected chi connectivity index (χ1v) is 7.89. The summed E-state index contributed by atoms with van der Waals surface area (Å²) < 4.78 is 1.98. The fourth-order valence-corrected chi connectivity index (χ4v) is 5.50. The van der Waals surface area contributed by atoms with Crippen LogP contribution in [0.15, 0.2) is 6.33 Å². The number of hydrogen-bond donors (Lipinski definition) is 1. The van der Waals surface area contributed by atoms with Gasteiger partial charge in [0.05, 0.1) is 6.04 Å². The van der Waals surface area contributed by atoms with Gasteiger partial charge in [0, 0.05) is 6.54 Å². The Balaban J connectivity index is 1.62. The molecular weight excluding hydrogens is 236 g/mol. The van der Waals surface area contributed by atoms with Crippen LogP contribution in [0.3, 0.4) is 0 Å². The molecule has 0 spiro atoms. The van der Waals surface area contributed by atoms with Crippen LogP contribution in [0.25, 0.3) is 0 Å². The largest absolute Gasteiger partial charge is 0.321 e. The number of nitrogens with two attached hydrogens (primary N) is 1. The molecule has 4 nitrogen and oxygen atoms in total. The highest BCUT2D eigenvalue weighted by Gasteiger charge is 2.50. The summed E-state index contributed by atoms with van der Waals surface area (Å²) >= 11 is 0. The van der Waals surface area contributed by atoms with Crippen LogP contribution < -0.4 is 5.73 Å². The van der Waals surface area contributed by atoms with Gasteiger partial charge in [-0.05, 0) is 68.6 Å². The van der Waals surface area contributed by atoms with Crippen molar-refractivity contribution in [2.75, 3.05) is 0 Å². The first kappa shape index (κ1) is 11.9. The fourth-order valence-electron chi connectivity index (χ4n) is 5.50. The minimum atomic E-state index is 0.0949. The minimum Gasteiger partial charge on any atom is -0.321 e. The first-order valence-electron chi connectivity index (χ1n) is 7.89. The lowest BCUT2D eigenvalue weighted by Gasteiger charge is -2.55. The summed E-state index contributed by atoms with van der Waals surface area (Å²) in [6.45, 7) is 2.98. The number of nitrogens with zero attached hydrogens (tertiary/aromatic N) is 3. The van der Waals surface area contributed by atoms with Crippen molar-refractivity contribution in [2.45, 2.75) is 51.6 Å². The van der Waals surface area contributed by atoms with Crippen molar-refractivity contribution in [1.82, 2.24) is 14.8 Å². The molecule has 19 heavy (non-hydrogen) atoms. The zero-order chi connectivity index (χ0) is 13.0. The van der Waals surface area contributed by atoms with Gasteiger partial charge in [-0.15, -0.1) is 0 Å². The van der Waals surface area contributed by atoms with Crippen LogP contribution in [0.2, 0.25) is 0 Å². The highest BCUT2D eigenvalue weighted by atomic mass is 15.3. The van der Waals surface area contributed by atoms with Crippen molar-refractivity contribution in [3.63, 3.8) is 0 Å². The summed E-state index contributed by atoms with van der Waals surface area (Å²) in [6, 6.07) is 0.0949. The molecule has 0 radical (unpaired) electrons. The molecule has 1 atom stereocenters. The van der Waals surface area contributed by atoms with E-state index < -0.39 is 0 Å². The third-order valence-electron chi connectivity index (χ3n) is 5.96. The molecule has 1 heterocycles. The SMILES string of the molecule is CCn1ncnc1C(N)C1C2CC3CC(C2)CC1C3. The zero-order valence-electron chi connectivity index (χ0n) is 11.7. The normalized spacial score (nSPS) is 41.7. The van der Waals surface area contributed by atoms with E-state index in [1.165, 1.54) is 32.1 Å². The Kier molecular flexibility index (Phi) is 2.69. The van der Waals surface area contributed by atoms with E-state index in [4.69, 9.17) is 5.73 Å². The maximum absolute atomic E-state index is 6.62. The van der Waals surface area contributed by atoms with E-state index in [0.29, 0.717) is 5.92 Å². The quantitative estimate of drug-likeness (QED) is 0.907. The molecule has 0 amide bonds. The fraction of sp³-hybridized carbons (Fsp3) is 0.867. The van der Waals surface area contributed by atoms with Crippen molar-refractivity contribution < 1.29 is 0 Å².